The second-order valence-corrected chi connectivity index (χ2v) is 7.05. The second kappa shape index (κ2) is 7.12. The standard InChI is InChI=1S/C14H10ClF3N4O4S/c1-25-12-8(26-13(17)18)4-20-14(21-12)22-27(23,24)9-5-19-11-6(9)2-3-7(15)10(11)16/h2-5,13,19H,1H3,(H,20,21,22). The maximum Gasteiger partial charge on any atom is 0.387 e. The van der Waals surface area contributed by atoms with Crippen molar-refractivity contribution in [2.24, 2.45) is 0 Å². The number of fused-ring (bicyclic) bond motifs is 1. The number of hydrogen-bond acceptors (Lipinski definition) is 6. The Morgan fingerprint density at radius 3 is 2.74 bits per heavy atom. The molecule has 0 saturated heterocycles. The summed E-state index contributed by atoms with van der Waals surface area (Å²) in [5, 5.41) is -0.127. The van der Waals surface area contributed by atoms with Gasteiger partial charge in [-0.05, 0) is 12.1 Å². The number of ether oxygens (including phenoxy) is 2. The number of H-pyrrole nitrogens is 1. The molecule has 144 valence electrons. The minimum absolute atomic E-state index is 0.0500. The van der Waals surface area contributed by atoms with Crippen molar-refractivity contribution in [3.8, 4) is 11.6 Å². The molecule has 0 radical (unpaired) electrons. The molecule has 0 unspecified atom stereocenters. The molecule has 0 saturated carbocycles. The molecule has 2 aromatic heterocycles. The molecule has 0 atom stereocenters. The van der Waals surface area contributed by atoms with Crippen molar-refractivity contribution in [3.63, 3.8) is 0 Å². The third-order valence-corrected chi connectivity index (χ3v) is 5.01. The van der Waals surface area contributed by atoms with E-state index in [2.05, 4.69) is 24.4 Å². The molecule has 8 nitrogen and oxygen atoms in total. The van der Waals surface area contributed by atoms with Crippen LogP contribution in [0.1, 0.15) is 0 Å². The zero-order chi connectivity index (χ0) is 19.8. The van der Waals surface area contributed by atoms with Crippen LogP contribution in [0.25, 0.3) is 10.9 Å². The van der Waals surface area contributed by atoms with Gasteiger partial charge < -0.3 is 14.5 Å². The van der Waals surface area contributed by atoms with Crippen LogP contribution in [0.15, 0.2) is 29.4 Å². The molecule has 2 heterocycles. The Bertz CT molecular complexity index is 1110. The summed E-state index contributed by atoms with van der Waals surface area (Å²) in [4.78, 5) is 9.47. The summed E-state index contributed by atoms with van der Waals surface area (Å²) in [5.74, 6) is -2.14. The number of nitrogens with one attached hydrogen (secondary N) is 2. The van der Waals surface area contributed by atoms with Crippen LogP contribution < -0.4 is 14.2 Å². The van der Waals surface area contributed by atoms with Crippen LogP contribution in [0, 0.1) is 5.82 Å². The number of nitrogens with zero attached hydrogens (tertiary/aromatic N) is 2. The van der Waals surface area contributed by atoms with E-state index in [-0.39, 0.29) is 20.8 Å². The van der Waals surface area contributed by atoms with Crippen molar-refractivity contribution in [3.05, 3.63) is 35.4 Å². The lowest BCUT2D eigenvalue weighted by Crippen LogP contribution is -2.15. The van der Waals surface area contributed by atoms with Gasteiger partial charge in [0.1, 0.15) is 4.90 Å². The maximum atomic E-state index is 14.0. The number of alkyl halides is 2. The minimum atomic E-state index is -4.25. The van der Waals surface area contributed by atoms with Crippen molar-refractivity contribution < 1.29 is 31.1 Å². The molecule has 27 heavy (non-hydrogen) atoms. The third-order valence-electron chi connectivity index (χ3n) is 3.35. The van der Waals surface area contributed by atoms with Crippen LogP contribution in [-0.2, 0) is 10.0 Å². The number of benzene rings is 1. The van der Waals surface area contributed by atoms with E-state index in [1.807, 2.05) is 0 Å². The number of aromatic nitrogens is 3. The molecule has 0 bridgehead atoms. The summed E-state index contributed by atoms with van der Waals surface area (Å²) < 4.78 is 74.7. The molecule has 3 aromatic rings. The lowest BCUT2D eigenvalue weighted by molar-refractivity contribution is -0.0518. The quantitative estimate of drug-likeness (QED) is 0.632. The van der Waals surface area contributed by atoms with Gasteiger partial charge in [0, 0.05) is 11.6 Å². The predicted molar refractivity (Wildman–Crippen MR) is 89.3 cm³/mol. The first-order chi connectivity index (χ1) is 12.7. The van der Waals surface area contributed by atoms with Crippen molar-refractivity contribution >= 4 is 38.5 Å². The molecule has 0 spiro atoms. The Hall–Kier alpha value is -2.73. The van der Waals surface area contributed by atoms with Gasteiger partial charge in [0.2, 0.25) is 11.7 Å². The van der Waals surface area contributed by atoms with E-state index in [9.17, 15) is 21.6 Å². The van der Waals surface area contributed by atoms with Gasteiger partial charge >= 0.3 is 6.61 Å². The lowest BCUT2D eigenvalue weighted by atomic mass is 10.2. The molecular weight excluding hydrogens is 413 g/mol. The Morgan fingerprint density at radius 2 is 2.07 bits per heavy atom. The highest BCUT2D eigenvalue weighted by atomic mass is 35.5. The molecule has 0 aliphatic carbocycles. The Labute approximate surface area is 155 Å². The topological polar surface area (TPSA) is 106 Å². The fourth-order valence-electron chi connectivity index (χ4n) is 2.24. The van der Waals surface area contributed by atoms with E-state index in [1.165, 1.54) is 12.1 Å². The zero-order valence-corrected chi connectivity index (χ0v) is 14.9. The van der Waals surface area contributed by atoms with Crippen molar-refractivity contribution in [1.29, 1.82) is 0 Å². The summed E-state index contributed by atoms with van der Waals surface area (Å²) in [6.07, 6.45) is 1.89. The molecule has 0 aliphatic heterocycles. The highest BCUT2D eigenvalue weighted by Crippen LogP contribution is 2.30. The summed E-state index contributed by atoms with van der Waals surface area (Å²) in [6, 6.07) is 2.54. The van der Waals surface area contributed by atoms with E-state index in [0.717, 1.165) is 19.5 Å². The van der Waals surface area contributed by atoms with Crippen LogP contribution in [0.4, 0.5) is 19.1 Å². The number of hydrogen-bond donors (Lipinski definition) is 2. The Morgan fingerprint density at radius 1 is 1.33 bits per heavy atom. The lowest BCUT2D eigenvalue weighted by Gasteiger charge is -2.10. The Balaban J connectivity index is 1.97. The average molecular weight is 423 g/mol. The molecule has 13 heteroatoms. The van der Waals surface area contributed by atoms with E-state index >= 15 is 0 Å². The molecule has 1 aromatic carbocycles. The van der Waals surface area contributed by atoms with Gasteiger partial charge in [-0.15, -0.1) is 0 Å². The highest BCUT2D eigenvalue weighted by molar-refractivity contribution is 7.93. The van der Waals surface area contributed by atoms with Crippen LogP contribution >= 0.6 is 11.6 Å². The summed E-state index contributed by atoms with van der Waals surface area (Å²) in [6.45, 7) is -3.14. The number of halogens is 4. The monoisotopic (exact) mass is 422 g/mol. The molecule has 3 rings (SSSR count). The summed E-state index contributed by atoms with van der Waals surface area (Å²) >= 11 is 5.67. The second-order valence-electron chi connectivity index (χ2n) is 4.99. The molecule has 0 fully saturated rings. The average Bonchev–Trinajstić information content (AvgIpc) is 3.04. The Kier molecular flexibility index (Phi) is 5.02. The minimum Gasteiger partial charge on any atom is -0.478 e. The van der Waals surface area contributed by atoms with Gasteiger partial charge in [0.15, 0.2) is 5.82 Å². The number of methoxy groups -OCH3 is 1. The number of anilines is 1. The molecule has 0 aliphatic rings. The van der Waals surface area contributed by atoms with Gasteiger partial charge in [-0.1, -0.05) is 11.6 Å². The third kappa shape index (κ3) is 3.71. The van der Waals surface area contributed by atoms with Gasteiger partial charge in [-0.2, -0.15) is 13.8 Å². The van der Waals surface area contributed by atoms with Crippen molar-refractivity contribution in [2.75, 3.05) is 11.8 Å². The van der Waals surface area contributed by atoms with E-state index < -0.39 is 40.0 Å². The smallest absolute Gasteiger partial charge is 0.387 e. The van der Waals surface area contributed by atoms with Crippen LogP contribution in [0.2, 0.25) is 5.02 Å². The van der Waals surface area contributed by atoms with Gasteiger partial charge in [0.05, 0.1) is 23.8 Å². The van der Waals surface area contributed by atoms with Crippen molar-refractivity contribution in [1.82, 2.24) is 15.0 Å². The normalized spacial score (nSPS) is 11.8. The number of rotatable bonds is 6. The number of sulfonamides is 1. The highest BCUT2D eigenvalue weighted by Gasteiger charge is 2.23. The van der Waals surface area contributed by atoms with E-state index in [1.54, 1.807) is 0 Å². The largest absolute Gasteiger partial charge is 0.478 e. The summed E-state index contributed by atoms with van der Waals surface area (Å²) in [5.41, 5.74) is -0.0953. The summed E-state index contributed by atoms with van der Waals surface area (Å²) in [7, 11) is -3.12. The fraction of sp³-hybridized carbons (Fsp3) is 0.143. The van der Waals surface area contributed by atoms with Crippen LogP contribution in [0.5, 0.6) is 11.6 Å². The first-order valence-corrected chi connectivity index (χ1v) is 8.93. The number of aromatic amines is 1. The van der Waals surface area contributed by atoms with Gasteiger partial charge in [0.25, 0.3) is 15.9 Å². The SMILES string of the molecule is COc1nc(NS(=O)(=O)c2c[nH]c3c(F)c(Cl)ccc23)ncc1OC(F)F. The zero-order valence-electron chi connectivity index (χ0n) is 13.3. The molecular formula is C14H10ClF3N4O4S. The first kappa shape index (κ1) is 19.0. The first-order valence-electron chi connectivity index (χ1n) is 7.06. The van der Waals surface area contributed by atoms with Crippen molar-refractivity contribution in [2.45, 2.75) is 11.5 Å². The van der Waals surface area contributed by atoms with Gasteiger partial charge in [-0.3, -0.25) is 0 Å². The van der Waals surface area contributed by atoms with E-state index in [0.29, 0.717) is 0 Å². The maximum absolute atomic E-state index is 14.0. The molecule has 2 N–H and O–H groups in total. The predicted octanol–water partition coefficient (Wildman–Crippen LogP) is 3.16. The van der Waals surface area contributed by atoms with Gasteiger partial charge in [-0.25, -0.2) is 22.5 Å². The fourth-order valence-corrected chi connectivity index (χ4v) is 3.52. The van der Waals surface area contributed by atoms with Crippen LogP contribution in [0.3, 0.4) is 0 Å². The molecule has 0 amide bonds. The van der Waals surface area contributed by atoms with Crippen LogP contribution in [-0.4, -0.2) is 37.1 Å². The van der Waals surface area contributed by atoms with E-state index in [4.69, 9.17) is 16.3 Å².